The minimum absolute atomic E-state index is 0.00831. The number of aryl methyl sites for hydroxylation is 2. The Hall–Kier alpha value is -1.49. The fourth-order valence-corrected chi connectivity index (χ4v) is 1.65. The topological polar surface area (TPSA) is 66.3 Å². The maximum atomic E-state index is 10.7. The summed E-state index contributed by atoms with van der Waals surface area (Å²) in [5.74, 6) is -0.0660. The molecule has 5 heteroatoms. The Morgan fingerprint density at radius 2 is 1.76 bits per heavy atom. The van der Waals surface area contributed by atoms with Crippen LogP contribution in [-0.2, 0) is 17.6 Å². The Labute approximate surface area is 102 Å². The van der Waals surface area contributed by atoms with Crippen molar-refractivity contribution >= 4 is 5.97 Å². The molecule has 0 bridgehead atoms. The van der Waals surface area contributed by atoms with Gasteiger partial charge in [0.1, 0.15) is 5.82 Å². The third-order valence-corrected chi connectivity index (χ3v) is 2.58. The van der Waals surface area contributed by atoms with Crippen LogP contribution >= 0.6 is 0 Å². The van der Waals surface area contributed by atoms with Crippen molar-refractivity contribution in [2.75, 3.05) is 20.6 Å². The molecule has 1 N–H and O–H groups in total. The molecule has 1 rings (SSSR count). The van der Waals surface area contributed by atoms with Crippen LogP contribution in [0.5, 0.6) is 0 Å². The van der Waals surface area contributed by atoms with Gasteiger partial charge in [-0.3, -0.25) is 4.79 Å². The van der Waals surface area contributed by atoms with Crippen molar-refractivity contribution in [3.63, 3.8) is 0 Å². The molecule has 0 aromatic carbocycles. The largest absolute Gasteiger partial charge is 0.481 e. The Kier molecular flexibility index (Phi) is 4.57. The van der Waals surface area contributed by atoms with Crippen molar-refractivity contribution in [3.05, 3.63) is 22.8 Å². The molecule has 1 aromatic rings. The fourth-order valence-electron chi connectivity index (χ4n) is 1.65. The second-order valence-corrected chi connectivity index (χ2v) is 4.41. The van der Waals surface area contributed by atoms with Gasteiger partial charge in [0, 0.05) is 29.9 Å². The predicted molar refractivity (Wildman–Crippen MR) is 65.1 cm³/mol. The number of aliphatic carboxylic acids is 1. The summed E-state index contributed by atoms with van der Waals surface area (Å²) in [4.78, 5) is 21.5. The number of nitrogens with zero attached hydrogens (tertiary/aromatic N) is 3. The molecular formula is C12H19N3O2. The lowest BCUT2D eigenvalue weighted by Gasteiger charge is -2.11. The number of hydrogen-bond acceptors (Lipinski definition) is 4. The maximum absolute atomic E-state index is 10.7. The zero-order valence-corrected chi connectivity index (χ0v) is 10.8. The highest BCUT2D eigenvalue weighted by Gasteiger charge is 2.11. The zero-order valence-electron chi connectivity index (χ0n) is 10.8. The number of carboxylic acid groups (broad SMARTS) is 1. The summed E-state index contributed by atoms with van der Waals surface area (Å²) in [5, 5.41) is 8.80. The molecule has 17 heavy (non-hydrogen) atoms. The molecule has 0 aliphatic rings. The number of likely N-dealkylation sites (N-methyl/N-ethyl adjacent to an activating group) is 1. The Morgan fingerprint density at radius 1 is 1.24 bits per heavy atom. The highest BCUT2D eigenvalue weighted by molar-refractivity contribution is 5.70. The van der Waals surface area contributed by atoms with E-state index in [1.165, 1.54) is 0 Å². The van der Waals surface area contributed by atoms with Crippen LogP contribution in [0.25, 0.3) is 0 Å². The zero-order chi connectivity index (χ0) is 13.0. The minimum atomic E-state index is -0.846. The first-order chi connectivity index (χ1) is 7.90. The van der Waals surface area contributed by atoms with Gasteiger partial charge in [-0.2, -0.15) is 0 Å². The molecule has 0 spiro atoms. The standard InChI is InChI=1S/C12H19N3O2/c1-8-10(7-12(16)17)9(2)14-11(13-8)5-6-15(3)4/h5-7H2,1-4H3,(H,16,17). The van der Waals surface area contributed by atoms with Gasteiger partial charge >= 0.3 is 5.97 Å². The number of rotatable bonds is 5. The van der Waals surface area contributed by atoms with Crippen LogP contribution in [0.1, 0.15) is 22.8 Å². The molecule has 1 heterocycles. The summed E-state index contributed by atoms with van der Waals surface area (Å²) in [6.07, 6.45) is 0.771. The quantitative estimate of drug-likeness (QED) is 0.821. The molecule has 0 aliphatic carbocycles. The van der Waals surface area contributed by atoms with E-state index in [4.69, 9.17) is 5.11 Å². The molecule has 0 amide bonds. The van der Waals surface area contributed by atoms with E-state index in [9.17, 15) is 4.79 Å². The summed E-state index contributed by atoms with van der Waals surface area (Å²) in [6, 6.07) is 0. The van der Waals surface area contributed by atoms with E-state index in [0.29, 0.717) is 0 Å². The summed E-state index contributed by atoms with van der Waals surface area (Å²) >= 11 is 0. The van der Waals surface area contributed by atoms with E-state index in [-0.39, 0.29) is 6.42 Å². The lowest BCUT2D eigenvalue weighted by atomic mass is 10.1. The van der Waals surface area contributed by atoms with Gasteiger partial charge in [0.2, 0.25) is 0 Å². The number of aromatic nitrogens is 2. The third-order valence-electron chi connectivity index (χ3n) is 2.58. The van der Waals surface area contributed by atoms with Crippen molar-refractivity contribution in [1.29, 1.82) is 0 Å². The Bertz CT molecular complexity index is 393. The summed E-state index contributed by atoms with van der Waals surface area (Å²) in [6.45, 7) is 4.56. The second kappa shape index (κ2) is 5.72. The van der Waals surface area contributed by atoms with Crippen LogP contribution in [0.2, 0.25) is 0 Å². The molecule has 94 valence electrons. The highest BCUT2D eigenvalue weighted by atomic mass is 16.4. The Morgan fingerprint density at radius 3 is 2.18 bits per heavy atom. The van der Waals surface area contributed by atoms with Gasteiger partial charge in [0.15, 0.2) is 0 Å². The maximum Gasteiger partial charge on any atom is 0.307 e. The Balaban J connectivity index is 2.89. The second-order valence-electron chi connectivity index (χ2n) is 4.41. The van der Waals surface area contributed by atoms with E-state index in [1.807, 2.05) is 27.9 Å². The van der Waals surface area contributed by atoms with E-state index in [2.05, 4.69) is 14.9 Å². The first-order valence-electron chi connectivity index (χ1n) is 5.59. The molecule has 0 saturated carbocycles. The first kappa shape index (κ1) is 13.6. The molecule has 0 radical (unpaired) electrons. The van der Waals surface area contributed by atoms with Crippen LogP contribution in [0.4, 0.5) is 0 Å². The monoisotopic (exact) mass is 237 g/mol. The van der Waals surface area contributed by atoms with E-state index >= 15 is 0 Å². The van der Waals surface area contributed by atoms with Gasteiger partial charge in [-0.15, -0.1) is 0 Å². The normalized spacial score (nSPS) is 10.9. The van der Waals surface area contributed by atoms with Crippen LogP contribution in [0, 0.1) is 13.8 Å². The third kappa shape index (κ3) is 4.11. The molecular weight excluding hydrogens is 218 g/mol. The van der Waals surface area contributed by atoms with Gasteiger partial charge < -0.3 is 10.0 Å². The lowest BCUT2D eigenvalue weighted by Crippen LogP contribution is -2.17. The minimum Gasteiger partial charge on any atom is -0.481 e. The number of hydrogen-bond donors (Lipinski definition) is 1. The van der Waals surface area contributed by atoms with Crippen molar-refractivity contribution < 1.29 is 9.90 Å². The molecule has 0 aliphatic heterocycles. The summed E-state index contributed by atoms with van der Waals surface area (Å²) < 4.78 is 0. The average molecular weight is 237 g/mol. The van der Waals surface area contributed by atoms with Crippen molar-refractivity contribution in [1.82, 2.24) is 14.9 Å². The van der Waals surface area contributed by atoms with Crippen molar-refractivity contribution in [3.8, 4) is 0 Å². The molecule has 1 aromatic heterocycles. The SMILES string of the molecule is Cc1nc(CCN(C)C)nc(C)c1CC(=O)O. The molecule has 0 saturated heterocycles. The highest BCUT2D eigenvalue weighted by Crippen LogP contribution is 2.11. The fraction of sp³-hybridized carbons (Fsp3) is 0.583. The van der Waals surface area contributed by atoms with Crippen molar-refractivity contribution in [2.45, 2.75) is 26.7 Å². The van der Waals surface area contributed by atoms with Gasteiger partial charge in [-0.05, 0) is 27.9 Å². The molecule has 5 nitrogen and oxygen atoms in total. The van der Waals surface area contributed by atoms with Crippen molar-refractivity contribution in [2.24, 2.45) is 0 Å². The van der Waals surface area contributed by atoms with E-state index < -0.39 is 5.97 Å². The van der Waals surface area contributed by atoms with Crippen LogP contribution in [0.3, 0.4) is 0 Å². The molecule has 0 fully saturated rings. The smallest absolute Gasteiger partial charge is 0.307 e. The first-order valence-corrected chi connectivity index (χ1v) is 5.59. The number of carbonyl (C=O) groups is 1. The van der Waals surface area contributed by atoms with Gasteiger partial charge in [0.25, 0.3) is 0 Å². The summed E-state index contributed by atoms with van der Waals surface area (Å²) in [7, 11) is 4.00. The van der Waals surface area contributed by atoms with E-state index in [0.717, 1.165) is 35.7 Å². The summed E-state index contributed by atoms with van der Waals surface area (Å²) in [5.41, 5.74) is 2.27. The average Bonchev–Trinajstić information content (AvgIpc) is 2.20. The lowest BCUT2D eigenvalue weighted by molar-refractivity contribution is -0.136. The van der Waals surface area contributed by atoms with Crippen LogP contribution in [-0.4, -0.2) is 46.6 Å². The van der Waals surface area contributed by atoms with Crippen LogP contribution in [0.15, 0.2) is 0 Å². The molecule has 0 atom stereocenters. The van der Waals surface area contributed by atoms with Gasteiger partial charge in [0.05, 0.1) is 6.42 Å². The van der Waals surface area contributed by atoms with E-state index in [1.54, 1.807) is 0 Å². The molecule has 0 unspecified atom stereocenters. The van der Waals surface area contributed by atoms with Gasteiger partial charge in [-0.1, -0.05) is 0 Å². The van der Waals surface area contributed by atoms with Crippen LogP contribution < -0.4 is 0 Å². The number of carboxylic acids is 1. The van der Waals surface area contributed by atoms with Gasteiger partial charge in [-0.25, -0.2) is 9.97 Å². The predicted octanol–water partition coefficient (Wildman–Crippen LogP) is 0.825.